The number of benzene rings is 3. The van der Waals surface area contributed by atoms with E-state index in [0.29, 0.717) is 0 Å². The monoisotopic (exact) mass is 522 g/mol. The Bertz CT molecular complexity index is 1310. The number of hydrogen-bond acceptors (Lipinski definition) is 8. The average molecular weight is 523 g/mol. The van der Waals surface area contributed by atoms with Gasteiger partial charge in [-0.15, -0.1) is 0 Å². The van der Waals surface area contributed by atoms with Crippen LogP contribution in [-0.2, 0) is 20.9 Å². The van der Waals surface area contributed by atoms with Crippen molar-refractivity contribution in [2.24, 2.45) is 0 Å². The Morgan fingerprint density at radius 3 is 2.13 bits per heavy atom. The summed E-state index contributed by atoms with van der Waals surface area (Å²) in [7, 11) is 2.73. The minimum absolute atomic E-state index is 0.0187. The van der Waals surface area contributed by atoms with E-state index in [1.165, 1.54) is 26.4 Å². The number of alkyl carbamates (subject to hydrolysis) is 1. The van der Waals surface area contributed by atoms with Gasteiger partial charge in [0.2, 0.25) is 0 Å². The van der Waals surface area contributed by atoms with Crippen LogP contribution in [-0.4, -0.2) is 55.6 Å². The van der Waals surface area contributed by atoms with Crippen LogP contribution in [0.1, 0.15) is 22.6 Å². The van der Waals surface area contributed by atoms with Gasteiger partial charge < -0.3 is 29.4 Å². The van der Waals surface area contributed by atoms with Gasteiger partial charge in [0.25, 0.3) is 5.69 Å². The van der Waals surface area contributed by atoms with E-state index >= 15 is 0 Å². The van der Waals surface area contributed by atoms with Crippen molar-refractivity contribution in [2.45, 2.75) is 18.6 Å². The fraction of sp³-hybridized carbons (Fsp3) is 0.259. The van der Waals surface area contributed by atoms with Crippen molar-refractivity contribution in [3.05, 3.63) is 87.5 Å². The molecule has 0 spiro atoms. The fourth-order valence-electron chi connectivity index (χ4n) is 4.44. The second-order valence-electron chi connectivity index (χ2n) is 8.47. The minimum atomic E-state index is -1.44. The first kappa shape index (κ1) is 26.4. The predicted octanol–water partition coefficient (Wildman–Crippen LogP) is 4.12. The van der Waals surface area contributed by atoms with Gasteiger partial charge in [-0.25, -0.2) is 9.59 Å². The van der Waals surface area contributed by atoms with E-state index in [4.69, 9.17) is 18.9 Å². The smallest absolute Gasteiger partial charge is 0.407 e. The molecule has 3 aromatic rings. The molecule has 0 radical (unpaired) electrons. The number of aliphatic carboxylic acids is 1. The van der Waals surface area contributed by atoms with Gasteiger partial charge in [0, 0.05) is 5.92 Å². The van der Waals surface area contributed by atoms with E-state index in [-0.39, 0.29) is 41.9 Å². The van der Waals surface area contributed by atoms with Crippen LogP contribution in [0.15, 0.2) is 60.7 Å². The van der Waals surface area contributed by atoms with E-state index in [1.807, 2.05) is 48.5 Å². The third-order valence-electron chi connectivity index (χ3n) is 6.26. The number of hydrogen-bond donors (Lipinski definition) is 2. The third kappa shape index (κ3) is 5.52. The average Bonchev–Trinajstić information content (AvgIpc) is 3.24. The highest BCUT2D eigenvalue weighted by Gasteiger charge is 2.30. The van der Waals surface area contributed by atoms with Gasteiger partial charge in [-0.1, -0.05) is 48.5 Å². The summed E-state index contributed by atoms with van der Waals surface area (Å²) in [4.78, 5) is 35.1. The Hall–Kier alpha value is -4.64. The summed E-state index contributed by atoms with van der Waals surface area (Å²) in [5.41, 5.74) is 4.06. The Labute approximate surface area is 218 Å². The molecule has 1 aliphatic carbocycles. The number of nitrogens with zero attached hydrogens (tertiary/aromatic N) is 1. The molecule has 0 fully saturated rings. The first-order chi connectivity index (χ1) is 18.3. The number of carboxylic acids is 1. The first-order valence-corrected chi connectivity index (χ1v) is 11.6. The zero-order chi connectivity index (χ0) is 27.2. The third-order valence-corrected chi connectivity index (χ3v) is 6.26. The van der Waals surface area contributed by atoms with E-state index in [2.05, 4.69) is 5.32 Å². The van der Waals surface area contributed by atoms with Gasteiger partial charge in [-0.3, -0.25) is 10.1 Å². The number of nitrogens with one attached hydrogen (secondary N) is 1. The van der Waals surface area contributed by atoms with Crippen molar-refractivity contribution < 1.29 is 38.6 Å². The normalized spacial score (nSPS) is 12.7. The van der Waals surface area contributed by atoms with Gasteiger partial charge in [0.1, 0.15) is 6.61 Å². The first-order valence-electron chi connectivity index (χ1n) is 11.6. The molecule has 1 amide bonds. The minimum Gasteiger partial charge on any atom is -0.493 e. The van der Waals surface area contributed by atoms with Crippen molar-refractivity contribution in [2.75, 3.05) is 27.4 Å². The molecule has 1 atom stereocenters. The Morgan fingerprint density at radius 1 is 1.00 bits per heavy atom. The number of carbonyl (C=O) groups excluding carboxylic acids is 1. The number of rotatable bonds is 11. The number of ether oxygens (including phenoxy) is 4. The van der Waals surface area contributed by atoms with E-state index in [9.17, 15) is 24.8 Å². The number of fused-ring (bicyclic) bond motifs is 3. The van der Waals surface area contributed by atoms with E-state index in [1.54, 1.807) is 0 Å². The Kier molecular flexibility index (Phi) is 8.07. The second-order valence-corrected chi connectivity index (χ2v) is 8.47. The van der Waals surface area contributed by atoms with Gasteiger partial charge in [0.05, 0.1) is 44.0 Å². The van der Waals surface area contributed by atoms with Crippen LogP contribution in [0.2, 0.25) is 0 Å². The lowest BCUT2D eigenvalue weighted by molar-refractivity contribution is -0.386. The lowest BCUT2D eigenvalue weighted by Gasteiger charge is -2.18. The van der Waals surface area contributed by atoms with Crippen LogP contribution in [0.4, 0.5) is 10.5 Å². The van der Waals surface area contributed by atoms with Crippen LogP contribution >= 0.6 is 0 Å². The molecule has 0 saturated carbocycles. The van der Waals surface area contributed by atoms with E-state index < -0.39 is 29.6 Å². The van der Waals surface area contributed by atoms with Crippen molar-refractivity contribution in [3.63, 3.8) is 0 Å². The summed E-state index contributed by atoms with van der Waals surface area (Å²) in [5.74, 6) is -1.11. The molecule has 0 heterocycles. The molecular formula is C27H26N2O9. The van der Waals surface area contributed by atoms with Gasteiger partial charge in [-0.05, 0) is 28.3 Å². The Balaban J connectivity index is 1.37. The Morgan fingerprint density at radius 2 is 1.58 bits per heavy atom. The molecule has 38 heavy (non-hydrogen) atoms. The predicted molar refractivity (Wildman–Crippen MR) is 135 cm³/mol. The van der Waals surface area contributed by atoms with Crippen molar-refractivity contribution in [1.29, 1.82) is 0 Å². The molecule has 3 aromatic carbocycles. The molecule has 0 aliphatic heterocycles. The van der Waals surface area contributed by atoms with Gasteiger partial charge in [-0.2, -0.15) is 0 Å². The number of nitro benzene ring substituents is 1. The zero-order valence-electron chi connectivity index (χ0n) is 20.7. The van der Waals surface area contributed by atoms with Crippen LogP contribution in [0, 0.1) is 10.1 Å². The van der Waals surface area contributed by atoms with Crippen molar-refractivity contribution in [3.8, 4) is 22.6 Å². The van der Waals surface area contributed by atoms with Crippen LogP contribution in [0.3, 0.4) is 0 Å². The number of carboxylic acid groups (broad SMARTS) is 1. The lowest BCUT2D eigenvalue weighted by atomic mass is 9.98. The van der Waals surface area contributed by atoms with Crippen molar-refractivity contribution >= 4 is 17.7 Å². The standard InChI is InChI=1S/C27H26N2O9/c1-35-24-11-16(23(29(33)34)12-25(24)36-2)13-37-15-22(26(30)31)28-27(32)38-14-21-19-9-5-3-7-17(19)18-8-4-6-10-20(18)21/h3-12,21-22H,13-15H2,1-2H3,(H,28,32)(H,30,31). The molecule has 2 N–H and O–H groups in total. The topological polar surface area (TPSA) is 146 Å². The number of methoxy groups -OCH3 is 2. The molecule has 0 aromatic heterocycles. The van der Waals surface area contributed by atoms with Crippen LogP contribution in [0.25, 0.3) is 11.1 Å². The number of nitro groups is 1. The maximum absolute atomic E-state index is 12.5. The summed E-state index contributed by atoms with van der Waals surface area (Å²) in [6.45, 7) is -0.733. The molecule has 11 heteroatoms. The van der Waals surface area contributed by atoms with Gasteiger partial charge in [0.15, 0.2) is 17.5 Å². The highest BCUT2D eigenvalue weighted by atomic mass is 16.6. The summed E-state index contributed by atoms with van der Waals surface area (Å²) in [6.07, 6.45) is -0.917. The molecule has 198 valence electrons. The van der Waals surface area contributed by atoms with Crippen LogP contribution < -0.4 is 14.8 Å². The second kappa shape index (κ2) is 11.6. The highest BCUT2D eigenvalue weighted by Crippen LogP contribution is 2.44. The SMILES string of the molecule is COc1cc(COCC(NC(=O)OCC2c3ccccc3-c3ccccc32)C(=O)O)c([N+](=O)[O-])cc1OC. The van der Waals surface area contributed by atoms with E-state index in [0.717, 1.165) is 22.3 Å². The molecule has 0 bridgehead atoms. The van der Waals surface area contributed by atoms with Crippen LogP contribution in [0.5, 0.6) is 11.5 Å². The molecule has 0 saturated heterocycles. The highest BCUT2D eigenvalue weighted by molar-refractivity contribution is 5.81. The van der Waals surface area contributed by atoms with Gasteiger partial charge >= 0.3 is 12.1 Å². The zero-order valence-corrected chi connectivity index (χ0v) is 20.7. The fourth-order valence-corrected chi connectivity index (χ4v) is 4.44. The largest absolute Gasteiger partial charge is 0.493 e. The molecule has 1 aliphatic rings. The maximum Gasteiger partial charge on any atom is 0.407 e. The lowest BCUT2D eigenvalue weighted by Crippen LogP contribution is -2.44. The molecule has 1 unspecified atom stereocenters. The number of amides is 1. The number of carbonyl (C=O) groups is 2. The molecule has 4 rings (SSSR count). The summed E-state index contributed by atoms with van der Waals surface area (Å²) in [6, 6.07) is 16.8. The maximum atomic E-state index is 12.5. The molecular weight excluding hydrogens is 496 g/mol. The van der Waals surface area contributed by atoms with Crippen molar-refractivity contribution in [1.82, 2.24) is 5.32 Å². The summed E-state index contributed by atoms with van der Waals surface area (Å²) >= 11 is 0. The quantitative estimate of drug-likeness (QED) is 0.280. The summed E-state index contributed by atoms with van der Waals surface area (Å²) < 4.78 is 21.1. The molecule has 11 nitrogen and oxygen atoms in total. The summed E-state index contributed by atoms with van der Waals surface area (Å²) in [5, 5.41) is 23.3.